The van der Waals surface area contributed by atoms with Gasteiger partial charge in [-0.05, 0) is 18.5 Å². The number of nitrogens with zero attached hydrogens (tertiary/aromatic N) is 3. The summed E-state index contributed by atoms with van der Waals surface area (Å²) in [5.74, 6) is -1.18. The summed E-state index contributed by atoms with van der Waals surface area (Å²) in [5, 5.41) is 9.28. The molecule has 0 aliphatic carbocycles. The molecule has 10 heteroatoms. The molecule has 1 aliphatic heterocycles. The van der Waals surface area contributed by atoms with Crippen molar-refractivity contribution in [3.63, 3.8) is 0 Å². The second kappa shape index (κ2) is 5.64. The average Bonchev–Trinajstić information content (AvgIpc) is 2.80. The minimum atomic E-state index is -3.76. The fraction of sp³-hybridized carbons (Fsp3) is 0.600. The molecule has 1 aliphatic rings. The molecular weight excluding hydrogens is 306 g/mol. The predicted octanol–water partition coefficient (Wildman–Crippen LogP) is 0.163. The maximum absolute atomic E-state index is 12.5. The zero-order valence-electron chi connectivity index (χ0n) is 11.1. The van der Waals surface area contributed by atoms with Crippen LogP contribution in [-0.4, -0.2) is 61.5 Å². The summed E-state index contributed by atoms with van der Waals surface area (Å²) in [6.07, 6.45) is 0. The summed E-state index contributed by atoms with van der Waals surface area (Å²) in [6.45, 7) is 2.72. The van der Waals surface area contributed by atoms with Crippen molar-refractivity contribution in [1.82, 2.24) is 8.68 Å². The monoisotopic (exact) mass is 321 g/mol. The molecule has 20 heavy (non-hydrogen) atoms. The number of ether oxygens (including phenoxy) is 1. The lowest BCUT2D eigenvalue weighted by Crippen LogP contribution is -2.47. The lowest BCUT2D eigenvalue weighted by molar-refractivity contribution is 0.0696. The molecule has 112 valence electrons. The van der Waals surface area contributed by atoms with Crippen LogP contribution in [0.5, 0.6) is 0 Å². The van der Waals surface area contributed by atoms with Crippen molar-refractivity contribution < 1.29 is 23.1 Å². The molecule has 0 bridgehead atoms. The predicted molar refractivity (Wildman–Crippen MR) is 73.5 cm³/mol. The van der Waals surface area contributed by atoms with Crippen LogP contribution in [0.1, 0.15) is 16.1 Å². The van der Waals surface area contributed by atoms with Crippen molar-refractivity contribution in [2.45, 2.75) is 6.92 Å². The number of rotatable bonds is 4. The fourth-order valence-corrected chi connectivity index (χ4v) is 4.27. The van der Waals surface area contributed by atoms with E-state index in [1.54, 1.807) is 6.92 Å². The molecule has 0 amide bonds. The van der Waals surface area contributed by atoms with Gasteiger partial charge in [0.05, 0.1) is 18.9 Å². The Bertz CT molecular complexity index is 606. The number of hydrogen-bond acceptors (Lipinski definition) is 6. The molecule has 1 aromatic heterocycles. The number of aromatic carboxylic acids is 1. The highest BCUT2D eigenvalue weighted by atomic mass is 32.2. The zero-order valence-corrected chi connectivity index (χ0v) is 12.7. The van der Waals surface area contributed by atoms with E-state index >= 15 is 0 Å². The quantitative estimate of drug-likeness (QED) is 0.848. The summed E-state index contributed by atoms with van der Waals surface area (Å²) in [6, 6.07) is 0. The Hall–Kier alpha value is -1.23. The Morgan fingerprint density at radius 1 is 1.45 bits per heavy atom. The molecule has 1 aromatic rings. The second-order valence-electron chi connectivity index (χ2n) is 4.24. The molecule has 0 spiro atoms. The van der Waals surface area contributed by atoms with Gasteiger partial charge in [-0.15, -0.1) is 0 Å². The van der Waals surface area contributed by atoms with Crippen molar-refractivity contribution in [2.24, 2.45) is 0 Å². The minimum Gasteiger partial charge on any atom is -0.478 e. The van der Waals surface area contributed by atoms with Gasteiger partial charge in [0, 0.05) is 20.1 Å². The molecule has 8 nitrogen and oxygen atoms in total. The SMILES string of the molecule is Cc1nsc(N(C)S(=O)(=O)N2CCOCC2)c1C(=O)O. The highest BCUT2D eigenvalue weighted by Gasteiger charge is 2.33. The normalized spacial score (nSPS) is 17.1. The van der Waals surface area contributed by atoms with Crippen LogP contribution in [0.2, 0.25) is 0 Å². The Kier molecular flexibility index (Phi) is 4.28. The summed E-state index contributed by atoms with van der Waals surface area (Å²) >= 11 is 0.861. The van der Waals surface area contributed by atoms with Crippen LogP contribution in [0.4, 0.5) is 5.00 Å². The summed E-state index contributed by atoms with van der Waals surface area (Å²) in [5.41, 5.74) is 0.232. The molecule has 0 radical (unpaired) electrons. The van der Waals surface area contributed by atoms with Crippen molar-refractivity contribution >= 4 is 32.7 Å². The fourth-order valence-electron chi connectivity index (χ4n) is 1.87. The van der Waals surface area contributed by atoms with Gasteiger partial charge in [-0.25, -0.2) is 9.10 Å². The molecule has 1 N–H and O–H groups in total. The van der Waals surface area contributed by atoms with Crippen LogP contribution in [0.3, 0.4) is 0 Å². The lowest BCUT2D eigenvalue weighted by Gasteiger charge is -2.30. The molecule has 0 saturated carbocycles. The molecule has 2 rings (SSSR count). The van der Waals surface area contributed by atoms with Gasteiger partial charge in [0.2, 0.25) is 0 Å². The third-order valence-corrected chi connectivity index (χ3v) is 6.01. The van der Waals surface area contributed by atoms with E-state index in [0.717, 1.165) is 15.8 Å². The third kappa shape index (κ3) is 2.64. The Morgan fingerprint density at radius 2 is 2.05 bits per heavy atom. The van der Waals surface area contributed by atoms with Crippen LogP contribution >= 0.6 is 11.5 Å². The highest BCUT2D eigenvalue weighted by Crippen LogP contribution is 2.30. The number of anilines is 1. The third-order valence-electron chi connectivity index (χ3n) is 2.99. The van der Waals surface area contributed by atoms with Crippen molar-refractivity contribution in [3.8, 4) is 0 Å². The van der Waals surface area contributed by atoms with Gasteiger partial charge >= 0.3 is 16.2 Å². The van der Waals surface area contributed by atoms with Gasteiger partial charge in [-0.1, -0.05) is 0 Å². The molecule has 0 aromatic carbocycles. The molecule has 1 fully saturated rings. The van der Waals surface area contributed by atoms with Gasteiger partial charge in [-0.3, -0.25) is 0 Å². The maximum atomic E-state index is 12.5. The topological polar surface area (TPSA) is 100 Å². The lowest BCUT2D eigenvalue weighted by atomic mass is 10.2. The van der Waals surface area contributed by atoms with E-state index in [1.807, 2.05) is 0 Å². The smallest absolute Gasteiger partial charge is 0.340 e. The first-order valence-corrected chi connectivity index (χ1v) is 8.04. The Labute approximate surface area is 120 Å². The van der Waals surface area contributed by atoms with Gasteiger partial charge in [0.25, 0.3) is 0 Å². The van der Waals surface area contributed by atoms with Gasteiger partial charge in [-0.2, -0.15) is 17.1 Å². The van der Waals surface area contributed by atoms with E-state index in [-0.39, 0.29) is 23.7 Å². The van der Waals surface area contributed by atoms with Crippen LogP contribution in [0.25, 0.3) is 0 Å². The summed E-state index contributed by atoms with van der Waals surface area (Å²) < 4.78 is 36.2. The van der Waals surface area contributed by atoms with E-state index in [0.29, 0.717) is 18.9 Å². The van der Waals surface area contributed by atoms with E-state index in [2.05, 4.69) is 4.37 Å². The van der Waals surface area contributed by atoms with Crippen molar-refractivity contribution in [1.29, 1.82) is 0 Å². The Balaban J connectivity index is 2.35. The van der Waals surface area contributed by atoms with E-state index < -0.39 is 16.2 Å². The van der Waals surface area contributed by atoms with Gasteiger partial charge < -0.3 is 9.84 Å². The van der Waals surface area contributed by atoms with E-state index in [9.17, 15) is 18.3 Å². The number of hydrogen-bond donors (Lipinski definition) is 1. The largest absolute Gasteiger partial charge is 0.478 e. The summed E-state index contributed by atoms with van der Waals surface area (Å²) in [4.78, 5) is 11.2. The van der Waals surface area contributed by atoms with Crippen molar-refractivity contribution in [2.75, 3.05) is 37.7 Å². The number of carboxylic acids is 1. The first-order valence-electron chi connectivity index (χ1n) is 5.87. The van der Waals surface area contributed by atoms with Crippen molar-refractivity contribution in [3.05, 3.63) is 11.3 Å². The zero-order chi connectivity index (χ0) is 14.9. The average molecular weight is 321 g/mol. The number of carboxylic acid groups (broad SMARTS) is 1. The van der Waals surface area contributed by atoms with Crippen LogP contribution in [-0.2, 0) is 14.9 Å². The van der Waals surface area contributed by atoms with Crippen LogP contribution < -0.4 is 4.31 Å². The minimum absolute atomic E-state index is 0.0747. The number of aryl methyl sites for hydroxylation is 1. The van der Waals surface area contributed by atoms with Crippen LogP contribution in [0, 0.1) is 6.92 Å². The molecule has 0 atom stereocenters. The van der Waals surface area contributed by atoms with Gasteiger partial charge in [0.15, 0.2) is 0 Å². The molecule has 2 heterocycles. The van der Waals surface area contributed by atoms with Crippen LogP contribution in [0.15, 0.2) is 0 Å². The van der Waals surface area contributed by atoms with E-state index in [1.165, 1.54) is 11.4 Å². The van der Waals surface area contributed by atoms with E-state index in [4.69, 9.17) is 4.74 Å². The molecule has 0 unspecified atom stereocenters. The van der Waals surface area contributed by atoms with Gasteiger partial charge in [0.1, 0.15) is 10.6 Å². The summed E-state index contributed by atoms with van der Waals surface area (Å²) in [7, 11) is -2.43. The first kappa shape index (κ1) is 15.2. The highest BCUT2D eigenvalue weighted by molar-refractivity contribution is 7.90. The standard InChI is InChI=1S/C10H15N3O5S2/c1-7-8(10(14)15)9(19-11-7)12(2)20(16,17)13-3-5-18-6-4-13/h3-6H2,1-2H3,(H,14,15). The first-order chi connectivity index (χ1) is 9.35. The number of carbonyl (C=O) groups is 1. The number of aromatic nitrogens is 1. The Morgan fingerprint density at radius 3 is 2.60 bits per heavy atom. The maximum Gasteiger partial charge on any atom is 0.340 e. The molecular formula is C10H15N3O5S2. The molecule has 1 saturated heterocycles. The second-order valence-corrected chi connectivity index (χ2v) is 6.95. The number of morpholine rings is 1.